The third-order valence-electron chi connectivity index (χ3n) is 4.77. The van der Waals surface area contributed by atoms with Crippen molar-refractivity contribution in [1.29, 1.82) is 0 Å². The number of nitrogens with one attached hydrogen (secondary N) is 1. The molecule has 3 heteroatoms. The van der Waals surface area contributed by atoms with E-state index in [9.17, 15) is 9.90 Å². The fourth-order valence-corrected chi connectivity index (χ4v) is 3.23. The molecule has 1 saturated carbocycles. The minimum atomic E-state index is -0.0795. The van der Waals surface area contributed by atoms with Crippen LogP contribution in [0, 0.1) is 5.41 Å². The highest BCUT2D eigenvalue weighted by Crippen LogP contribution is 2.35. The van der Waals surface area contributed by atoms with E-state index in [4.69, 9.17) is 0 Å². The standard InChI is InChI=1S/C18H27NO2/c1-15(16-8-4-2-5-9-16)12-17(21)19-13-18(14-20)10-6-3-7-11-18/h2,4-5,8-9,15,20H,3,6-7,10-14H2,1H3,(H,19,21). The smallest absolute Gasteiger partial charge is 0.220 e. The molecule has 116 valence electrons. The van der Waals surface area contributed by atoms with E-state index < -0.39 is 0 Å². The first-order valence-corrected chi connectivity index (χ1v) is 8.08. The maximum atomic E-state index is 12.1. The van der Waals surface area contributed by atoms with Crippen LogP contribution < -0.4 is 5.32 Å². The Morgan fingerprint density at radius 3 is 2.52 bits per heavy atom. The van der Waals surface area contributed by atoms with Crippen molar-refractivity contribution in [1.82, 2.24) is 5.32 Å². The van der Waals surface area contributed by atoms with Crippen molar-refractivity contribution in [3.05, 3.63) is 35.9 Å². The van der Waals surface area contributed by atoms with Crippen LogP contribution in [-0.4, -0.2) is 24.2 Å². The third kappa shape index (κ3) is 4.57. The fourth-order valence-electron chi connectivity index (χ4n) is 3.23. The fraction of sp³-hybridized carbons (Fsp3) is 0.611. The molecule has 0 aliphatic heterocycles. The van der Waals surface area contributed by atoms with Crippen LogP contribution in [0.25, 0.3) is 0 Å². The van der Waals surface area contributed by atoms with Crippen LogP contribution in [0.5, 0.6) is 0 Å². The van der Waals surface area contributed by atoms with Gasteiger partial charge in [0.2, 0.25) is 5.91 Å². The average Bonchev–Trinajstić information content (AvgIpc) is 2.54. The first-order chi connectivity index (χ1) is 10.2. The number of aliphatic hydroxyl groups is 1. The Balaban J connectivity index is 1.81. The summed E-state index contributed by atoms with van der Waals surface area (Å²) in [6.45, 7) is 2.88. The molecule has 1 atom stereocenters. The highest BCUT2D eigenvalue weighted by atomic mass is 16.3. The molecule has 0 bridgehead atoms. The minimum absolute atomic E-state index is 0.0795. The molecule has 1 aliphatic carbocycles. The Hall–Kier alpha value is -1.35. The molecule has 3 nitrogen and oxygen atoms in total. The van der Waals surface area contributed by atoms with Gasteiger partial charge in [0.05, 0.1) is 6.61 Å². The number of hydrogen-bond acceptors (Lipinski definition) is 2. The highest BCUT2D eigenvalue weighted by molar-refractivity contribution is 5.76. The number of carbonyl (C=O) groups is 1. The molecule has 0 heterocycles. The molecule has 2 rings (SSSR count). The summed E-state index contributed by atoms with van der Waals surface area (Å²) in [6.07, 6.45) is 6.13. The van der Waals surface area contributed by atoms with Gasteiger partial charge in [0.1, 0.15) is 0 Å². The first-order valence-electron chi connectivity index (χ1n) is 8.08. The largest absolute Gasteiger partial charge is 0.396 e. The van der Waals surface area contributed by atoms with Gasteiger partial charge in [-0.05, 0) is 24.3 Å². The van der Waals surface area contributed by atoms with Crippen molar-refractivity contribution in [3.8, 4) is 0 Å². The van der Waals surface area contributed by atoms with E-state index in [1.165, 1.54) is 12.0 Å². The summed E-state index contributed by atoms with van der Waals surface area (Å²) in [5.74, 6) is 0.312. The van der Waals surface area contributed by atoms with Crippen LogP contribution >= 0.6 is 0 Å². The Morgan fingerprint density at radius 2 is 1.90 bits per heavy atom. The zero-order valence-corrected chi connectivity index (χ0v) is 13.0. The second-order valence-corrected chi connectivity index (χ2v) is 6.51. The van der Waals surface area contributed by atoms with Crippen LogP contribution in [0.1, 0.15) is 56.9 Å². The Morgan fingerprint density at radius 1 is 1.24 bits per heavy atom. The van der Waals surface area contributed by atoms with E-state index in [1.807, 2.05) is 18.2 Å². The zero-order chi connectivity index (χ0) is 15.1. The van der Waals surface area contributed by atoms with Gasteiger partial charge in [0.15, 0.2) is 0 Å². The molecule has 21 heavy (non-hydrogen) atoms. The molecule has 1 aromatic carbocycles. The number of aliphatic hydroxyl groups excluding tert-OH is 1. The normalized spacial score (nSPS) is 19.0. The highest BCUT2D eigenvalue weighted by Gasteiger charge is 2.31. The molecule has 1 aromatic rings. The van der Waals surface area contributed by atoms with Gasteiger partial charge in [0.25, 0.3) is 0 Å². The predicted octanol–water partition coefficient (Wildman–Crippen LogP) is 3.24. The molecular formula is C18H27NO2. The van der Waals surface area contributed by atoms with E-state index in [2.05, 4.69) is 24.4 Å². The molecule has 1 aliphatic rings. The maximum Gasteiger partial charge on any atom is 0.220 e. The van der Waals surface area contributed by atoms with E-state index in [-0.39, 0.29) is 23.8 Å². The predicted molar refractivity (Wildman–Crippen MR) is 85.1 cm³/mol. The lowest BCUT2D eigenvalue weighted by atomic mass is 9.74. The SMILES string of the molecule is CC(CC(=O)NCC1(CO)CCCCC1)c1ccccc1. The number of benzene rings is 1. The lowest BCUT2D eigenvalue weighted by Gasteiger charge is -2.35. The Bertz CT molecular complexity index is 438. The molecule has 0 spiro atoms. The average molecular weight is 289 g/mol. The number of carbonyl (C=O) groups excluding carboxylic acids is 1. The monoisotopic (exact) mass is 289 g/mol. The Labute approximate surface area is 127 Å². The number of hydrogen-bond donors (Lipinski definition) is 2. The van der Waals surface area contributed by atoms with Crippen molar-refractivity contribution >= 4 is 5.91 Å². The molecule has 0 saturated heterocycles. The molecule has 1 amide bonds. The van der Waals surface area contributed by atoms with Gasteiger partial charge in [-0.2, -0.15) is 0 Å². The summed E-state index contributed by atoms with van der Waals surface area (Å²) < 4.78 is 0. The van der Waals surface area contributed by atoms with Crippen molar-refractivity contribution < 1.29 is 9.90 Å². The molecule has 1 unspecified atom stereocenters. The molecular weight excluding hydrogens is 262 g/mol. The van der Waals surface area contributed by atoms with Crippen LogP contribution in [0.2, 0.25) is 0 Å². The van der Waals surface area contributed by atoms with Crippen molar-refractivity contribution in [2.75, 3.05) is 13.2 Å². The van der Waals surface area contributed by atoms with Crippen LogP contribution in [0.3, 0.4) is 0 Å². The number of rotatable bonds is 6. The maximum absolute atomic E-state index is 12.1. The minimum Gasteiger partial charge on any atom is -0.396 e. The third-order valence-corrected chi connectivity index (χ3v) is 4.77. The van der Waals surface area contributed by atoms with Crippen molar-refractivity contribution in [2.45, 2.75) is 51.4 Å². The van der Waals surface area contributed by atoms with Gasteiger partial charge in [-0.1, -0.05) is 56.5 Å². The van der Waals surface area contributed by atoms with Gasteiger partial charge < -0.3 is 10.4 Å². The van der Waals surface area contributed by atoms with Gasteiger partial charge in [-0.15, -0.1) is 0 Å². The second-order valence-electron chi connectivity index (χ2n) is 6.51. The molecule has 0 radical (unpaired) electrons. The lowest BCUT2D eigenvalue weighted by Crippen LogP contribution is -2.41. The van der Waals surface area contributed by atoms with Gasteiger partial charge in [-0.3, -0.25) is 4.79 Å². The summed E-state index contributed by atoms with van der Waals surface area (Å²) >= 11 is 0. The summed E-state index contributed by atoms with van der Waals surface area (Å²) in [4.78, 5) is 12.1. The van der Waals surface area contributed by atoms with Gasteiger partial charge >= 0.3 is 0 Å². The van der Waals surface area contributed by atoms with E-state index >= 15 is 0 Å². The number of amides is 1. The summed E-state index contributed by atoms with van der Waals surface area (Å²) in [6, 6.07) is 10.1. The molecule has 2 N–H and O–H groups in total. The van der Waals surface area contributed by atoms with Crippen LogP contribution in [0.15, 0.2) is 30.3 Å². The summed E-state index contributed by atoms with van der Waals surface area (Å²) in [5.41, 5.74) is 1.12. The van der Waals surface area contributed by atoms with Crippen LogP contribution in [-0.2, 0) is 4.79 Å². The van der Waals surface area contributed by atoms with E-state index in [0.29, 0.717) is 13.0 Å². The first kappa shape index (κ1) is 16.0. The topological polar surface area (TPSA) is 49.3 Å². The van der Waals surface area contributed by atoms with Gasteiger partial charge in [-0.25, -0.2) is 0 Å². The van der Waals surface area contributed by atoms with Crippen LogP contribution in [0.4, 0.5) is 0 Å². The molecule has 1 fully saturated rings. The van der Waals surface area contributed by atoms with Crippen molar-refractivity contribution in [2.24, 2.45) is 5.41 Å². The second kappa shape index (κ2) is 7.60. The zero-order valence-electron chi connectivity index (χ0n) is 13.0. The van der Waals surface area contributed by atoms with Crippen molar-refractivity contribution in [3.63, 3.8) is 0 Å². The Kier molecular flexibility index (Phi) is 5.80. The summed E-state index contributed by atoms with van der Waals surface area (Å²) in [5, 5.41) is 12.7. The lowest BCUT2D eigenvalue weighted by molar-refractivity contribution is -0.122. The van der Waals surface area contributed by atoms with E-state index in [1.54, 1.807) is 0 Å². The van der Waals surface area contributed by atoms with E-state index in [0.717, 1.165) is 25.7 Å². The quantitative estimate of drug-likeness (QED) is 0.844. The van der Waals surface area contributed by atoms with Gasteiger partial charge in [0, 0.05) is 18.4 Å². The summed E-state index contributed by atoms with van der Waals surface area (Å²) in [7, 11) is 0. The molecule has 0 aromatic heterocycles.